The molecule has 0 radical (unpaired) electrons. The molecule has 2 aliphatic heterocycles. The average molecular weight is 1040 g/mol. The van der Waals surface area contributed by atoms with Crippen molar-refractivity contribution in [2.45, 2.75) is 104 Å². The Bertz CT molecular complexity index is 2570. The lowest BCUT2D eigenvalue weighted by molar-refractivity contribution is -0.294. The van der Waals surface area contributed by atoms with Gasteiger partial charge in [-0.15, -0.1) is 10.9 Å². The Kier molecular flexibility index (Phi) is 13.7. The summed E-state index contributed by atoms with van der Waals surface area (Å²) in [5.41, 5.74) is -6.60. The highest BCUT2D eigenvalue weighted by molar-refractivity contribution is 7.85. The Balaban J connectivity index is 0.000000254. The third-order valence-corrected chi connectivity index (χ3v) is 26.6. The molecule has 4 aromatic rings. The zero-order valence-corrected chi connectivity index (χ0v) is 39.8. The van der Waals surface area contributed by atoms with E-state index >= 15 is 0 Å². The van der Waals surface area contributed by atoms with E-state index in [-0.39, 0.29) is 0 Å². The molecule has 0 atom stereocenters. The SMILES string of the molecule is CC(C)(C)P1(C(C)(C)C)=[NH+][B-](c2c(F)c(F)c(F)c(F)c2F)(c2c(F)c(F)c(F)c(F)c2F)C1.CC(C)(C)[P+]1(C(C)(C)C)C[B-](c2c(F)c(F)c(F)c(F)c2F)(c2c(F)c(F)c(F)c(F)c2F)N1. The van der Waals surface area contributed by atoms with Crippen molar-refractivity contribution in [1.82, 2.24) is 5.00 Å². The Hall–Kier alpha value is -3.77. The molecule has 6 rings (SSSR count). The van der Waals surface area contributed by atoms with Crippen LogP contribution in [0.5, 0.6) is 0 Å². The van der Waals surface area contributed by atoms with E-state index in [1.54, 1.807) is 83.1 Å². The van der Waals surface area contributed by atoms with E-state index in [1.165, 1.54) is 0 Å². The van der Waals surface area contributed by atoms with Crippen LogP contribution >= 0.6 is 14.5 Å². The minimum absolute atomic E-state index is 0.587. The number of rotatable bonds is 4. The van der Waals surface area contributed by atoms with Gasteiger partial charge in [-0.05, 0) is 53.7 Å². The molecule has 68 heavy (non-hydrogen) atoms. The lowest BCUT2D eigenvalue weighted by Crippen LogP contribution is -3.07. The van der Waals surface area contributed by atoms with E-state index in [4.69, 9.17) is 0 Å². The van der Waals surface area contributed by atoms with E-state index in [9.17, 15) is 87.8 Å². The first kappa shape index (κ1) is 55.2. The lowest BCUT2D eigenvalue weighted by Gasteiger charge is -2.67. The topological polar surface area (TPSA) is 26.0 Å². The van der Waals surface area contributed by atoms with Crippen LogP contribution in [0.3, 0.4) is 0 Å². The fourth-order valence-corrected chi connectivity index (χ4v) is 22.6. The van der Waals surface area contributed by atoms with Crippen molar-refractivity contribution in [3.05, 3.63) is 116 Å². The van der Waals surface area contributed by atoms with Crippen LogP contribution in [-0.4, -0.2) is 45.3 Å². The fraction of sp³-hybridized carbons (Fsp3) is 0.429. The van der Waals surface area contributed by atoms with Gasteiger partial charge in [0, 0.05) is 24.8 Å². The quantitative estimate of drug-likeness (QED) is 0.0688. The first-order valence-electron chi connectivity index (χ1n) is 20.3. The van der Waals surface area contributed by atoms with Crippen molar-refractivity contribution in [2.24, 2.45) is 0 Å². The maximum Gasteiger partial charge on any atom is 0.342 e. The molecule has 1 saturated heterocycles. The number of hydrogen-bond acceptors (Lipinski definition) is 1. The summed E-state index contributed by atoms with van der Waals surface area (Å²) in [7, 11) is -5.64. The van der Waals surface area contributed by atoms with Crippen LogP contribution in [0.1, 0.15) is 83.1 Å². The van der Waals surface area contributed by atoms with Crippen molar-refractivity contribution in [2.75, 3.05) is 12.1 Å². The molecule has 0 unspecified atom stereocenters. The molecule has 376 valence electrons. The molecule has 0 spiro atoms. The fourth-order valence-electron chi connectivity index (χ4n) is 10.5. The molecule has 0 aliphatic carbocycles. The molecule has 2 aliphatic rings. The van der Waals surface area contributed by atoms with Gasteiger partial charge in [0.05, 0.1) is 10.3 Å². The number of halogens is 20. The van der Waals surface area contributed by atoms with Gasteiger partial charge in [0.25, 0.3) is 0 Å². The maximum atomic E-state index is 15.0. The van der Waals surface area contributed by atoms with Crippen molar-refractivity contribution >= 4 is 48.9 Å². The molecule has 2 nitrogen and oxygen atoms in total. The zero-order chi connectivity index (χ0) is 52.7. The molecule has 2 heterocycles. The second-order valence-corrected chi connectivity index (χ2v) is 30.8. The van der Waals surface area contributed by atoms with Crippen LogP contribution in [0.2, 0.25) is 0 Å². The first-order chi connectivity index (χ1) is 30.5. The van der Waals surface area contributed by atoms with E-state index in [2.05, 4.69) is 9.65 Å². The largest absolute Gasteiger partial charge is 0.487 e. The van der Waals surface area contributed by atoms with E-state index in [0.29, 0.717) is 0 Å². The van der Waals surface area contributed by atoms with E-state index in [0.717, 1.165) is 0 Å². The molecule has 1 fully saturated rings. The Morgan fingerprint density at radius 1 is 0.353 bits per heavy atom. The molecule has 2 N–H and O–H groups in total. The zero-order valence-electron chi connectivity index (χ0n) is 38.0. The number of hydrogen-bond donors (Lipinski definition) is 2. The molecule has 4 aromatic carbocycles. The minimum Gasteiger partial charge on any atom is -0.487 e. The monoisotopic (exact) mass is 1040 g/mol. The van der Waals surface area contributed by atoms with Crippen molar-refractivity contribution in [1.29, 1.82) is 0 Å². The lowest BCUT2D eigenvalue weighted by atomic mass is 9.29. The Morgan fingerprint density at radius 3 is 0.706 bits per heavy atom. The molecular formula is C42H42B2F20N2P2. The molecular weight excluding hydrogens is 996 g/mol. The van der Waals surface area contributed by atoms with Crippen LogP contribution < -0.4 is 31.5 Å². The first-order valence-corrected chi connectivity index (χ1v) is 24.3. The molecule has 26 heteroatoms. The summed E-state index contributed by atoms with van der Waals surface area (Å²) in [6.45, 7) is 20.3. The average Bonchev–Trinajstić information content (AvgIpc) is 3.18. The Labute approximate surface area is 378 Å². The molecule has 0 aromatic heterocycles. The third-order valence-electron chi connectivity index (χ3n) is 13.5. The van der Waals surface area contributed by atoms with E-state index in [1.807, 2.05) is 0 Å². The van der Waals surface area contributed by atoms with Crippen LogP contribution in [0.25, 0.3) is 0 Å². The van der Waals surface area contributed by atoms with Crippen LogP contribution in [0.15, 0.2) is 0 Å². The van der Waals surface area contributed by atoms with Gasteiger partial charge >= 0.3 is 6.28 Å². The summed E-state index contributed by atoms with van der Waals surface area (Å²) in [5, 5.41) is -3.04. The third kappa shape index (κ3) is 7.51. The summed E-state index contributed by atoms with van der Waals surface area (Å²) in [5.74, 6) is -48.5. The summed E-state index contributed by atoms with van der Waals surface area (Å²) in [4.78, 5) is 2.73. The van der Waals surface area contributed by atoms with Gasteiger partial charge in [0.2, 0.25) is 6.28 Å². The minimum atomic E-state index is -3.86. The van der Waals surface area contributed by atoms with Gasteiger partial charge in [0.15, 0.2) is 69.8 Å². The second kappa shape index (κ2) is 16.9. The summed E-state index contributed by atoms with van der Waals surface area (Å²) < 4.78 is 290. The van der Waals surface area contributed by atoms with Crippen molar-refractivity contribution < 1.29 is 92.5 Å². The van der Waals surface area contributed by atoms with Gasteiger partial charge in [-0.25, -0.2) is 87.8 Å². The predicted molar refractivity (Wildman–Crippen MR) is 222 cm³/mol. The Morgan fingerprint density at radius 2 is 0.529 bits per heavy atom. The molecule has 0 amide bonds. The van der Waals surface area contributed by atoms with Crippen molar-refractivity contribution in [3.8, 4) is 0 Å². The number of benzene rings is 4. The summed E-state index contributed by atoms with van der Waals surface area (Å²) in [6, 6.07) is -1.17. The van der Waals surface area contributed by atoms with Crippen LogP contribution in [-0.2, 0) is 0 Å². The van der Waals surface area contributed by atoms with Gasteiger partial charge in [0.1, 0.15) is 46.5 Å². The van der Waals surface area contributed by atoms with Gasteiger partial charge in [-0.1, -0.05) is 52.5 Å². The highest BCUT2D eigenvalue weighted by atomic mass is 31.2. The number of nitrogens with one attached hydrogen (secondary N) is 2. The van der Waals surface area contributed by atoms with Crippen LogP contribution in [0.4, 0.5) is 87.8 Å². The molecule has 0 saturated carbocycles. The highest BCUT2D eigenvalue weighted by Gasteiger charge is 2.70. The highest BCUT2D eigenvalue weighted by Crippen LogP contribution is 2.79. The maximum absolute atomic E-state index is 15.0. The van der Waals surface area contributed by atoms with Crippen LogP contribution in [0, 0.1) is 116 Å². The smallest absolute Gasteiger partial charge is 0.342 e. The standard InChI is InChI=1S/2C21H21BF10NP/c2*1-20(2,3)34(21(4,5)6)7-22(33-34,8-10(23)14(27)18(31)15(28)11(8)24)9-12(25)16(29)19(32)17(30)13(9)26/h2*33H,7H2,1-6H3. The normalized spacial score (nSPS) is 17.5. The summed E-state index contributed by atoms with van der Waals surface area (Å²) in [6.07, 6.45) is -7.72. The van der Waals surface area contributed by atoms with Gasteiger partial charge in [-0.2, -0.15) is 0 Å². The van der Waals surface area contributed by atoms with Gasteiger partial charge < -0.3 is 9.65 Å². The molecule has 0 bridgehead atoms. The second-order valence-electron chi connectivity index (χ2n) is 21.0. The van der Waals surface area contributed by atoms with Crippen molar-refractivity contribution in [3.63, 3.8) is 0 Å². The van der Waals surface area contributed by atoms with Gasteiger partial charge in [-0.3, -0.25) is 0 Å². The summed E-state index contributed by atoms with van der Waals surface area (Å²) >= 11 is 0. The predicted octanol–water partition coefficient (Wildman–Crippen LogP) is 10.4. The van der Waals surface area contributed by atoms with E-state index < -0.39 is 198 Å².